The van der Waals surface area contributed by atoms with Gasteiger partial charge in [-0.05, 0) is 26.3 Å². The molecule has 0 radical (unpaired) electrons. The van der Waals surface area contributed by atoms with Gasteiger partial charge in [0.15, 0.2) is 0 Å². The van der Waals surface area contributed by atoms with Crippen LogP contribution in [0.4, 0.5) is 4.79 Å². The SMILES string of the molecule is CCNC(=O)NC(=O)CN1CCC[C@H]1C(=O)N(C)C. The highest BCUT2D eigenvalue weighted by Gasteiger charge is 2.32. The summed E-state index contributed by atoms with van der Waals surface area (Å²) in [5.74, 6) is -0.382. The first-order chi connectivity index (χ1) is 8.95. The fraction of sp³-hybridized carbons (Fsp3) is 0.750. The Bertz CT molecular complexity index is 357. The molecule has 0 spiro atoms. The van der Waals surface area contributed by atoms with Crippen molar-refractivity contribution in [2.75, 3.05) is 33.7 Å². The summed E-state index contributed by atoms with van der Waals surface area (Å²) in [5.41, 5.74) is 0. The van der Waals surface area contributed by atoms with Gasteiger partial charge in [0.05, 0.1) is 12.6 Å². The summed E-state index contributed by atoms with van der Waals surface area (Å²) in [6, 6.07) is -0.753. The molecule has 1 aliphatic rings. The minimum atomic E-state index is -0.498. The van der Waals surface area contributed by atoms with E-state index in [1.807, 2.05) is 4.90 Å². The second-order valence-corrected chi connectivity index (χ2v) is 4.77. The van der Waals surface area contributed by atoms with Crippen LogP contribution in [0.25, 0.3) is 0 Å². The molecule has 19 heavy (non-hydrogen) atoms. The first kappa shape index (κ1) is 15.4. The molecular weight excluding hydrogens is 248 g/mol. The lowest BCUT2D eigenvalue weighted by molar-refractivity contribution is -0.134. The number of hydrogen-bond acceptors (Lipinski definition) is 4. The van der Waals surface area contributed by atoms with Crippen LogP contribution in [0.2, 0.25) is 0 Å². The van der Waals surface area contributed by atoms with E-state index in [0.29, 0.717) is 13.1 Å². The average molecular weight is 270 g/mol. The standard InChI is InChI=1S/C12H22N4O3/c1-4-13-12(19)14-10(17)8-16-7-5-6-9(16)11(18)15(2)3/h9H,4-8H2,1-3H3,(H2,13,14,17,19)/t9-/m0/s1. The topological polar surface area (TPSA) is 81.8 Å². The van der Waals surface area contributed by atoms with Crippen molar-refractivity contribution in [1.82, 2.24) is 20.4 Å². The van der Waals surface area contributed by atoms with Gasteiger partial charge < -0.3 is 10.2 Å². The number of amides is 4. The van der Waals surface area contributed by atoms with Crippen molar-refractivity contribution in [3.05, 3.63) is 0 Å². The van der Waals surface area contributed by atoms with E-state index in [9.17, 15) is 14.4 Å². The zero-order valence-electron chi connectivity index (χ0n) is 11.7. The second kappa shape index (κ2) is 7.08. The zero-order chi connectivity index (χ0) is 14.4. The molecule has 0 aromatic heterocycles. The number of likely N-dealkylation sites (N-methyl/N-ethyl adjacent to an activating group) is 1. The number of nitrogens with one attached hydrogen (secondary N) is 2. The average Bonchev–Trinajstić information content (AvgIpc) is 2.75. The highest BCUT2D eigenvalue weighted by molar-refractivity contribution is 5.95. The molecule has 0 aromatic rings. The summed E-state index contributed by atoms with van der Waals surface area (Å²) in [4.78, 5) is 38.2. The minimum Gasteiger partial charge on any atom is -0.347 e. The molecule has 0 unspecified atom stereocenters. The molecule has 0 saturated carbocycles. The predicted octanol–water partition coefficient (Wildman–Crippen LogP) is -0.615. The van der Waals surface area contributed by atoms with E-state index in [2.05, 4.69) is 10.6 Å². The van der Waals surface area contributed by atoms with Gasteiger partial charge in [0.25, 0.3) is 0 Å². The molecule has 4 amide bonds. The van der Waals surface area contributed by atoms with Crippen molar-refractivity contribution in [3.63, 3.8) is 0 Å². The van der Waals surface area contributed by atoms with Crippen LogP contribution < -0.4 is 10.6 Å². The smallest absolute Gasteiger partial charge is 0.321 e. The number of carbonyl (C=O) groups is 3. The van der Waals surface area contributed by atoms with Crippen molar-refractivity contribution < 1.29 is 14.4 Å². The Morgan fingerprint density at radius 3 is 2.58 bits per heavy atom. The van der Waals surface area contributed by atoms with Crippen LogP contribution in [0.1, 0.15) is 19.8 Å². The lowest BCUT2D eigenvalue weighted by atomic mass is 10.2. The Balaban J connectivity index is 2.49. The van der Waals surface area contributed by atoms with E-state index in [1.165, 1.54) is 4.90 Å². The summed E-state index contributed by atoms with van der Waals surface area (Å²) < 4.78 is 0. The van der Waals surface area contributed by atoms with Gasteiger partial charge in [0, 0.05) is 20.6 Å². The predicted molar refractivity (Wildman–Crippen MR) is 70.5 cm³/mol. The first-order valence-electron chi connectivity index (χ1n) is 6.48. The molecular formula is C12H22N4O3. The molecule has 1 rings (SSSR count). The number of urea groups is 1. The van der Waals surface area contributed by atoms with E-state index >= 15 is 0 Å². The minimum absolute atomic E-state index is 0.00306. The van der Waals surface area contributed by atoms with Crippen LogP contribution in [0, 0.1) is 0 Å². The molecule has 0 bridgehead atoms. The molecule has 1 aliphatic heterocycles. The van der Waals surface area contributed by atoms with E-state index in [0.717, 1.165) is 12.8 Å². The van der Waals surface area contributed by atoms with Crippen molar-refractivity contribution in [1.29, 1.82) is 0 Å². The maximum absolute atomic E-state index is 11.9. The molecule has 7 nitrogen and oxygen atoms in total. The van der Waals surface area contributed by atoms with Crippen LogP contribution in [0.5, 0.6) is 0 Å². The van der Waals surface area contributed by atoms with Gasteiger partial charge in [-0.3, -0.25) is 19.8 Å². The number of carbonyl (C=O) groups excluding carboxylic acids is 3. The van der Waals surface area contributed by atoms with Gasteiger partial charge in [0.1, 0.15) is 0 Å². The fourth-order valence-corrected chi connectivity index (χ4v) is 2.15. The lowest BCUT2D eigenvalue weighted by Crippen LogP contribution is -2.49. The maximum Gasteiger partial charge on any atom is 0.321 e. The molecule has 108 valence electrons. The summed E-state index contributed by atoms with van der Waals surface area (Å²) in [7, 11) is 3.40. The number of likely N-dealkylation sites (tertiary alicyclic amines) is 1. The molecule has 7 heteroatoms. The molecule has 1 heterocycles. The summed E-state index contributed by atoms with van der Waals surface area (Å²) in [6.07, 6.45) is 1.64. The second-order valence-electron chi connectivity index (χ2n) is 4.77. The Morgan fingerprint density at radius 1 is 1.32 bits per heavy atom. The third-order valence-electron chi connectivity index (χ3n) is 3.03. The van der Waals surface area contributed by atoms with Crippen LogP contribution in [-0.4, -0.2) is 67.4 Å². The van der Waals surface area contributed by atoms with Gasteiger partial charge in [-0.15, -0.1) is 0 Å². The number of nitrogens with zero attached hydrogens (tertiary/aromatic N) is 2. The van der Waals surface area contributed by atoms with E-state index in [1.54, 1.807) is 21.0 Å². The quantitative estimate of drug-likeness (QED) is 0.713. The van der Waals surface area contributed by atoms with Crippen LogP contribution in [0.15, 0.2) is 0 Å². The Morgan fingerprint density at radius 2 is 2.00 bits per heavy atom. The van der Waals surface area contributed by atoms with Crippen LogP contribution >= 0.6 is 0 Å². The largest absolute Gasteiger partial charge is 0.347 e. The maximum atomic E-state index is 11.9. The van der Waals surface area contributed by atoms with E-state index < -0.39 is 6.03 Å². The summed E-state index contributed by atoms with van der Waals surface area (Å²) in [5, 5.41) is 4.73. The molecule has 2 N–H and O–H groups in total. The third kappa shape index (κ3) is 4.51. The van der Waals surface area contributed by atoms with Gasteiger partial charge in [0.2, 0.25) is 11.8 Å². The molecule has 1 atom stereocenters. The Hall–Kier alpha value is -1.63. The van der Waals surface area contributed by atoms with Crippen molar-refractivity contribution >= 4 is 17.8 Å². The van der Waals surface area contributed by atoms with Crippen LogP contribution in [0.3, 0.4) is 0 Å². The number of rotatable bonds is 4. The fourth-order valence-electron chi connectivity index (χ4n) is 2.15. The third-order valence-corrected chi connectivity index (χ3v) is 3.03. The van der Waals surface area contributed by atoms with Crippen molar-refractivity contribution in [2.24, 2.45) is 0 Å². The lowest BCUT2D eigenvalue weighted by Gasteiger charge is -2.25. The van der Waals surface area contributed by atoms with E-state index in [-0.39, 0.29) is 24.4 Å². The Labute approximate surface area is 113 Å². The Kier molecular flexibility index (Phi) is 5.75. The molecule has 1 saturated heterocycles. The first-order valence-corrected chi connectivity index (χ1v) is 6.48. The van der Waals surface area contributed by atoms with Gasteiger partial charge in [-0.2, -0.15) is 0 Å². The van der Waals surface area contributed by atoms with Gasteiger partial charge in [-0.25, -0.2) is 4.79 Å². The highest BCUT2D eigenvalue weighted by Crippen LogP contribution is 2.18. The van der Waals surface area contributed by atoms with Crippen molar-refractivity contribution in [2.45, 2.75) is 25.8 Å². The molecule has 0 aliphatic carbocycles. The highest BCUT2D eigenvalue weighted by atomic mass is 16.2. The molecule has 0 aromatic carbocycles. The summed E-state index contributed by atoms with van der Waals surface area (Å²) in [6.45, 7) is 3.01. The van der Waals surface area contributed by atoms with Crippen molar-refractivity contribution in [3.8, 4) is 0 Å². The van der Waals surface area contributed by atoms with E-state index in [4.69, 9.17) is 0 Å². The van der Waals surface area contributed by atoms with Crippen LogP contribution in [-0.2, 0) is 9.59 Å². The van der Waals surface area contributed by atoms with Gasteiger partial charge in [-0.1, -0.05) is 0 Å². The van der Waals surface area contributed by atoms with Gasteiger partial charge >= 0.3 is 6.03 Å². The number of hydrogen-bond donors (Lipinski definition) is 2. The zero-order valence-corrected chi connectivity index (χ0v) is 11.7. The summed E-state index contributed by atoms with van der Waals surface area (Å²) >= 11 is 0. The number of imide groups is 1. The monoisotopic (exact) mass is 270 g/mol. The molecule has 1 fully saturated rings. The normalized spacial score (nSPS) is 19.0.